The molecule has 0 aliphatic heterocycles. The van der Waals surface area contributed by atoms with E-state index in [0.29, 0.717) is 17.6 Å². The second-order valence-corrected chi connectivity index (χ2v) is 7.40. The van der Waals surface area contributed by atoms with Gasteiger partial charge in [-0.2, -0.15) is 0 Å². The quantitative estimate of drug-likeness (QED) is 0.789. The van der Waals surface area contributed by atoms with Crippen LogP contribution in [0.3, 0.4) is 0 Å². The van der Waals surface area contributed by atoms with Gasteiger partial charge in [-0.1, -0.05) is 57.0 Å². The van der Waals surface area contributed by atoms with E-state index in [1.165, 1.54) is 6.42 Å². The fourth-order valence-electron chi connectivity index (χ4n) is 3.62. The maximum Gasteiger partial charge on any atom is 0.344 e. The molecule has 0 unspecified atom stereocenters. The molecule has 5 nitrogen and oxygen atoms in total. The van der Waals surface area contributed by atoms with Crippen molar-refractivity contribution in [3.05, 3.63) is 42.5 Å². The van der Waals surface area contributed by atoms with Crippen molar-refractivity contribution in [2.24, 2.45) is 11.8 Å². The Labute approximate surface area is 160 Å². The van der Waals surface area contributed by atoms with Crippen LogP contribution in [0.2, 0.25) is 0 Å². The van der Waals surface area contributed by atoms with E-state index in [1.807, 2.05) is 42.5 Å². The molecule has 0 aromatic heterocycles. The van der Waals surface area contributed by atoms with Crippen LogP contribution in [-0.2, 0) is 14.3 Å². The Morgan fingerprint density at radius 3 is 2.63 bits per heavy atom. The Morgan fingerprint density at radius 2 is 1.81 bits per heavy atom. The number of hydrogen-bond acceptors (Lipinski definition) is 4. The molecule has 27 heavy (non-hydrogen) atoms. The fraction of sp³-hybridized carbons (Fsp3) is 0.455. The summed E-state index contributed by atoms with van der Waals surface area (Å²) in [5.41, 5.74) is 0. The number of amides is 1. The van der Waals surface area contributed by atoms with Crippen LogP contribution in [0, 0.1) is 11.8 Å². The van der Waals surface area contributed by atoms with Gasteiger partial charge in [-0.05, 0) is 41.2 Å². The molecule has 0 saturated heterocycles. The third-order valence-electron chi connectivity index (χ3n) is 5.50. The highest BCUT2D eigenvalue weighted by molar-refractivity contribution is 5.84. The van der Waals surface area contributed by atoms with E-state index in [2.05, 4.69) is 19.2 Å². The van der Waals surface area contributed by atoms with Crippen LogP contribution in [0.15, 0.2) is 42.5 Å². The maximum absolute atomic E-state index is 12.1. The molecule has 1 saturated carbocycles. The normalized spacial score (nSPS) is 22.2. The molecule has 1 fully saturated rings. The molecule has 0 bridgehead atoms. The summed E-state index contributed by atoms with van der Waals surface area (Å²) in [6, 6.07) is 13.7. The van der Waals surface area contributed by atoms with Crippen molar-refractivity contribution in [3.63, 3.8) is 0 Å². The summed E-state index contributed by atoms with van der Waals surface area (Å²) in [4.78, 5) is 23.9. The minimum Gasteiger partial charge on any atom is -0.482 e. The van der Waals surface area contributed by atoms with Crippen molar-refractivity contribution < 1.29 is 19.1 Å². The first-order valence-electron chi connectivity index (χ1n) is 9.59. The first-order valence-corrected chi connectivity index (χ1v) is 9.59. The lowest BCUT2D eigenvalue weighted by atomic mass is 9.78. The zero-order valence-corrected chi connectivity index (χ0v) is 15.9. The lowest BCUT2D eigenvalue weighted by molar-refractivity contribution is -0.150. The molecular formula is C22H27NO4. The lowest BCUT2D eigenvalue weighted by Crippen LogP contribution is -2.45. The third-order valence-corrected chi connectivity index (χ3v) is 5.50. The van der Waals surface area contributed by atoms with E-state index in [0.717, 1.165) is 23.6 Å². The predicted molar refractivity (Wildman–Crippen MR) is 105 cm³/mol. The van der Waals surface area contributed by atoms with Crippen LogP contribution in [0.4, 0.5) is 0 Å². The summed E-state index contributed by atoms with van der Waals surface area (Å²) in [6.45, 7) is 3.89. The lowest BCUT2D eigenvalue weighted by Gasteiger charge is -2.34. The number of carbonyl (C=O) groups is 2. The molecule has 5 heteroatoms. The number of hydrogen-bond donors (Lipinski definition) is 1. The molecule has 3 rings (SSSR count). The van der Waals surface area contributed by atoms with Crippen molar-refractivity contribution in [2.45, 2.75) is 39.2 Å². The van der Waals surface area contributed by atoms with Crippen LogP contribution >= 0.6 is 0 Å². The fourth-order valence-corrected chi connectivity index (χ4v) is 3.62. The Hall–Kier alpha value is -2.56. The summed E-state index contributed by atoms with van der Waals surface area (Å²) >= 11 is 0. The number of ether oxygens (including phenoxy) is 2. The Bertz CT molecular complexity index is 804. The summed E-state index contributed by atoms with van der Waals surface area (Å²) in [6.07, 6.45) is 3.31. The van der Waals surface area contributed by atoms with Gasteiger partial charge in [0.1, 0.15) is 5.75 Å². The van der Waals surface area contributed by atoms with Gasteiger partial charge in [0.2, 0.25) is 0 Å². The van der Waals surface area contributed by atoms with Gasteiger partial charge in [-0.15, -0.1) is 0 Å². The smallest absolute Gasteiger partial charge is 0.344 e. The van der Waals surface area contributed by atoms with Gasteiger partial charge in [0.15, 0.2) is 13.2 Å². The number of benzene rings is 2. The topological polar surface area (TPSA) is 64.6 Å². The summed E-state index contributed by atoms with van der Waals surface area (Å²) in [7, 11) is 0. The SMILES string of the molecule is C[C@H]1[C@@H](NC(=O)COC(=O)COc2ccc3ccccc3c2)CCC[C@@H]1C. The number of carbonyl (C=O) groups excluding carboxylic acids is 2. The highest BCUT2D eigenvalue weighted by Crippen LogP contribution is 2.29. The Morgan fingerprint density at radius 1 is 1.04 bits per heavy atom. The summed E-state index contributed by atoms with van der Waals surface area (Å²) in [5.74, 6) is 0.833. The van der Waals surface area contributed by atoms with Gasteiger partial charge in [0, 0.05) is 6.04 Å². The summed E-state index contributed by atoms with van der Waals surface area (Å²) in [5, 5.41) is 5.14. The molecule has 1 amide bonds. The van der Waals surface area contributed by atoms with Crippen molar-refractivity contribution in [2.75, 3.05) is 13.2 Å². The van der Waals surface area contributed by atoms with Crippen LogP contribution in [0.1, 0.15) is 33.1 Å². The van der Waals surface area contributed by atoms with Gasteiger partial charge >= 0.3 is 5.97 Å². The van der Waals surface area contributed by atoms with Crippen LogP contribution < -0.4 is 10.1 Å². The second-order valence-electron chi connectivity index (χ2n) is 7.40. The molecule has 1 N–H and O–H groups in total. The molecule has 1 aliphatic carbocycles. The largest absolute Gasteiger partial charge is 0.482 e. The average molecular weight is 369 g/mol. The first-order chi connectivity index (χ1) is 13.0. The van der Waals surface area contributed by atoms with E-state index in [1.54, 1.807) is 0 Å². The molecule has 2 aromatic carbocycles. The third kappa shape index (κ3) is 5.22. The maximum atomic E-state index is 12.1. The molecule has 2 aromatic rings. The van der Waals surface area contributed by atoms with Crippen molar-refractivity contribution in [3.8, 4) is 5.75 Å². The van der Waals surface area contributed by atoms with Gasteiger partial charge in [-0.3, -0.25) is 4.79 Å². The predicted octanol–water partition coefficient (Wildman–Crippen LogP) is 3.70. The van der Waals surface area contributed by atoms with E-state index in [9.17, 15) is 9.59 Å². The molecule has 1 aliphatic rings. The van der Waals surface area contributed by atoms with Crippen LogP contribution in [0.25, 0.3) is 10.8 Å². The standard InChI is InChI=1S/C22H27NO4/c1-15-6-5-9-20(16(15)2)23-21(24)13-27-22(25)14-26-19-11-10-17-7-3-4-8-18(17)12-19/h3-4,7-8,10-12,15-16,20H,5-6,9,13-14H2,1-2H3,(H,23,24)/t15-,16+,20-/m0/s1. The number of fused-ring (bicyclic) bond motifs is 1. The van der Waals surface area contributed by atoms with Crippen LogP contribution in [0.5, 0.6) is 5.75 Å². The van der Waals surface area contributed by atoms with E-state index in [-0.39, 0.29) is 25.2 Å². The summed E-state index contributed by atoms with van der Waals surface area (Å²) < 4.78 is 10.5. The van der Waals surface area contributed by atoms with Gasteiger partial charge in [-0.25, -0.2) is 4.79 Å². The van der Waals surface area contributed by atoms with E-state index in [4.69, 9.17) is 9.47 Å². The highest BCUT2D eigenvalue weighted by atomic mass is 16.6. The Balaban J connectivity index is 1.41. The zero-order valence-electron chi connectivity index (χ0n) is 15.9. The molecule has 0 spiro atoms. The van der Waals surface area contributed by atoms with Crippen molar-refractivity contribution >= 4 is 22.6 Å². The molecule has 3 atom stereocenters. The highest BCUT2D eigenvalue weighted by Gasteiger charge is 2.28. The zero-order chi connectivity index (χ0) is 19.2. The Kier molecular flexibility index (Phi) is 6.32. The molecule has 0 radical (unpaired) electrons. The van der Waals surface area contributed by atoms with Gasteiger partial charge in [0.25, 0.3) is 5.91 Å². The first kappa shape index (κ1) is 19.2. The number of nitrogens with one attached hydrogen (secondary N) is 1. The van der Waals surface area contributed by atoms with Gasteiger partial charge < -0.3 is 14.8 Å². The average Bonchev–Trinajstić information content (AvgIpc) is 2.68. The number of esters is 1. The number of rotatable bonds is 6. The minimum absolute atomic E-state index is 0.161. The van der Waals surface area contributed by atoms with Gasteiger partial charge in [0.05, 0.1) is 0 Å². The van der Waals surface area contributed by atoms with E-state index >= 15 is 0 Å². The second kappa shape index (κ2) is 8.89. The van der Waals surface area contributed by atoms with Crippen molar-refractivity contribution in [1.29, 1.82) is 0 Å². The molecular weight excluding hydrogens is 342 g/mol. The van der Waals surface area contributed by atoms with E-state index < -0.39 is 5.97 Å². The minimum atomic E-state index is -0.552. The van der Waals surface area contributed by atoms with Crippen LogP contribution in [-0.4, -0.2) is 31.1 Å². The monoisotopic (exact) mass is 369 g/mol. The molecule has 144 valence electrons. The molecule has 0 heterocycles. The van der Waals surface area contributed by atoms with Crippen molar-refractivity contribution in [1.82, 2.24) is 5.32 Å².